The molecule has 0 aliphatic heterocycles. The molecule has 0 saturated heterocycles. The Morgan fingerprint density at radius 3 is 3.00 bits per heavy atom. The van der Waals surface area contributed by atoms with Crippen molar-refractivity contribution >= 4 is 22.9 Å². The highest BCUT2D eigenvalue weighted by Gasteiger charge is 2.08. The van der Waals surface area contributed by atoms with Crippen LogP contribution in [0.2, 0.25) is 4.34 Å². The molecule has 0 spiro atoms. The summed E-state index contributed by atoms with van der Waals surface area (Å²) in [6.45, 7) is 2.89. The number of hydrogen-bond donors (Lipinski definition) is 1. The molecule has 2 heterocycles. The Balaban J connectivity index is 1.93. The zero-order chi connectivity index (χ0) is 11.5. The predicted octanol–water partition coefficient (Wildman–Crippen LogP) is 2.99. The molecule has 0 aromatic carbocycles. The Labute approximate surface area is 104 Å². The Morgan fingerprint density at radius 2 is 2.44 bits per heavy atom. The topological polar surface area (TPSA) is 29.9 Å². The van der Waals surface area contributed by atoms with Gasteiger partial charge in [0.15, 0.2) is 0 Å². The zero-order valence-corrected chi connectivity index (χ0v) is 10.8. The fourth-order valence-corrected chi connectivity index (χ4v) is 2.46. The van der Waals surface area contributed by atoms with Crippen molar-refractivity contribution in [2.75, 3.05) is 0 Å². The molecule has 0 aliphatic carbocycles. The van der Waals surface area contributed by atoms with E-state index in [9.17, 15) is 0 Å². The first kappa shape index (κ1) is 11.6. The summed E-state index contributed by atoms with van der Waals surface area (Å²) in [4.78, 5) is 4.26. The van der Waals surface area contributed by atoms with Crippen LogP contribution in [0.4, 0.5) is 0 Å². The van der Waals surface area contributed by atoms with Crippen molar-refractivity contribution < 1.29 is 0 Å². The van der Waals surface area contributed by atoms with Gasteiger partial charge >= 0.3 is 0 Å². The van der Waals surface area contributed by atoms with E-state index in [1.54, 1.807) is 11.3 Å². The normalized spacial score (nSPS) is 12.9. The lowest BCUT2D eigenvalue weighted by Crippen LogP contribution is -2.19. The van der Waals surface area contributed by atoms with Gasteiger partial charge in [0, 0.05) is 25.5 Å². The molecule has 86 valence electrons. The zero-order valence-electron chi connectivity index (χ0n) is 9.27. The number of thiophene rings is 1. The van der Waals surface area contributed by atoms with Gasteiger partial charge in [-0.3, -0.25) is 0 Å². The van der Waals surface area contributed by atoms with Crippen molar-refractivity contribution in [1.82, 2.24) is 14.9 Å². The highest BCUT2D eigenvalue weighted by atomic mass is 35.5. The fraction of sp³-hybridized carbons (Fsp3) is 0.364. The molecule has 0 saturated carbocycles. The van der Waals surface area contributed by atoms with Crippen molar-refractivity contribution in [1.29, 1.82) is 0 Å². The molecule has 1 atom stereocenters. The summed E-state index contributed by atoms with van der Waals surface area (Å²) in [5, 5.41) is 5.50. The number of nitrogens with zero attached hydrogens (tertiary/aromatic N) is 2. The number of halogens is 1. The average Bonchev–Trinajstić information content (AvgIpc) is 2.84. The minimum atomic E-state index is 0.292. The summed E-state index contributed by atoms with van der Waals surface area (Å²) < 4.78 is 2.85. The number of nitrogens with one attached hydrogen (secondary N) is 1. The largest absolute Gasteiger partial charge is 0.337 e. The van der Waals surface area contributed by atoms with Crippen LogP contribution in [0.5, 0.6) is 0 Å². The van der Waals surface area contributed by atoms with Crippen LogP contribution in [0.25, 0.3) is 0 Å². The van der Waals surface area contributed by atoms with Crippen molar-refractivity contribution in [2.24, 2.45) is 7.05 Å². The van der Waals surface area contributed by atoms with E-state index in [1.165, 1.54) is 5.56 Å². The van der Waals surface area contributed by atoms with Crippen molar-refractivity contribution in [3.05, 3.63) is 39.6 Å². The first-order chi connectivity index (χ1) is 7.66. The van der Waals surface area contributed by atoms with Gasteiger partial charge in [-0.05, 0) is 23.9 Å². The van der Waals surface area contributed by atoms with Crippen LogP contribution >= 0.6 is 22.9 Å². The van der Waals surface area contributed by atoms with E-state index in [1.807, 2.05) is 30.1 Å². The SMILES string of the molecule is CC(NCc1nccn1C)c1csc(Cl)c1. The molecule has 5 heteroatoms. The van der Waals surface area contributed by atoms with Gasteiger partial charge < -0.3 is 9.88 Å². The van der Waals surface area contributed by atoms with E-state index in [0.717, 1.165) is 16.7 Å². The van der Waals surface area contributed by atoms with Gasteiger partial charge in [-0.2, -0.15) is 0 Å². The first-order valence-electron chi connectivity index (χ1n) is 5.10. The van der Waals surface area contributed by atoms with Gasteiger partial charge in [-0.15, -0.1) is 11.3 Å². The molecule has 2 rings (SSSR count). The van der Waals surface area contributed by atoms with E-state index in [-0.39, 0.29) is 0 Å². The Morgan fingerprint density at radius 1 is 1.62 bits per heavy atom. The third kappa shape index (κ3) is 2.64. The summed E-state index contributed by atoms with van der Waals surface area (Å²) in [5.74, 6) is 1.04. The van der Waals surface area contributed by atoms with Gasteiger partial charge in [0.25, 0.3) is 0 Å². The Kier molecular flexibility index (Phi) is 3.63. The molecule has 1 unspecified atom stereocenters. The van der Waals surface area contributed by atoms with Crippen molar-refractivity contribution in [3.8, 4) is 0 Å². The van der Waals surface area contributed by atoms with Gasteiger partial charge in [-0.1, -0.05) is 11.6 Å². The van der Waals surface area contributed by atoms with Crippen LogP contribution in [0.3, 0.4) is 0 Å². The van der Waals surface area contributed by atoms with Gasteiger partial charge in [-0.25, -0.2) is 4.98 Å². The van der Waals surface area contributed by atoms with Gasteiger partial charge in [0.05, 0.1) is 10.9 Å². The molecule has 0 aliphatic rings. The van der Waals surface area contributed by atoms with Crippen LogP contribution < -0.4 is 5.32 Å². The third-order valence-electron chi connectivity index (χ3n) is 2.58. The average molecular weight is 256 g/mol. The summed E-state index contributed by atoms with van der Waals surface area (Å²) in [6, 6.07) is 2.29. The van der Waals surface area contributed by atoms with E-state index in [0.29, 0.717) is 6.04 Å². The quantitative estimate of drug-likeness (QED) is 0.910. The second kappa shape index (κ2) is 4.99. The summed E-state index contributed by atoms with van der Waals surface area (Å²) in [6.07, 6.45) is 3.76. The number of hydrogen-bond acceptors (Lipinski definition) is 3. The molecule has 0 bridgehead atoms. The second-order valence-electron chi connectivity index (χ2n) is 3.74. The molecule has 3 nitrogen and oxygen atoms in total. The maximum absolute atomic E-state index is 5.90. The summed E-state index contributed by atoms with van der Waals surface area (Å²) in [7, 11) is 2.00. The summed E-state index contributed by atoms with van der Waals surface area (Å²) >= 11 is 7.47. The van der Waals surface area contributed by atoms with Crippen LogP contribution in [0.15, 0.2) is 23.8 Å². The smallest absolute Gasteiger partial charge is 0.122 e. The molecule has 1 N–H and O–H groups in total. The van der Waals surface area contributed by atoms with Crippen LogP contribution in [-0.2, 0) is 13.6 Å². The fourth-order valence-electron chi connectivity index (χ4n) is 1.48. The minimum absolute atomic E-state index is 0.292. The number of imidazole rings is 1. The predicted molar refractivity (Wildman–Crippen MR) is 67.8 cm³/mol. The standard InChI is InChI=1S/C11H14ClN3S/c1-8(9-5-10(12)16-7-9)14-6-11-13-3-4-15(11)2/h3-5,7-8,14H,6H2,1-2H3. The van der Waals surface area contributed by atoms with Crippen molar-refractivity contribution in [2.45, 2.75) is 19.5 Å². The highest BCUT2D eigenvalue weighted by molar-refractivity contribution is 7.14. The lowest BCUT2D eigenvalue weighted by molar-refractivity contribution is 0.550. The molecular weight excluding hydrogens is 242 g/mol. The maximum Gasteiger partial charge on any atom is 0.122 e. The molecule has 0 radical (unpaired) electrons. The van der Waals surface area contributed by atoms with E-state index >= 15 is 0 Å². The van der Waals surface area contributed by atoms with Crippen LogP contribution in [0.1, 0.15) is 24.4 Å². The first-order valence-corrected chi connectivity index (χ1v) is 6.36. The number of aromatic nitrogens is 2. The van der Waals surface area contributed by atoms with E-state index < -0.39 is 0 Å². The van der Waals surface area contributed by atoms with Gasteiger partial charge in [0.2, 0.25) is 0 Å². The van der Waals surface area contributed by atoms with Crippen molar-refractivity contribution in [3.63, 3.8) is 0 Å². The lowest BCUT2D eigenvalue weighted by atomic mass is 10.2. The minimum Gasteiger partial charge on any atom is -0.337 e. The second-order valence-corrected chi connectivity index (χ2v) is 5.28. The van der Waals surface area contributed by atoms with E-state index in [4.69, 9.17) is 11.6 Å². The number of aryl methyl sites for hydroxylation is 1. The molecule has 2 aromatic rings. The lowest BCUT2D eigenvalue weighted by Gasteiger charge is -2.11. The monoisotopic (exact) mass is 255 g/mol. The molecule has 2 aromatic heterocycles. The molecular formula is C11H14ClN3S. The van der Waals surface area contributed by atoms with Crippen LogP contribution in [-0.4, -0.2) is 9.55 Å². The Bertz CT molecular complexity index is 463. The highest BCUT2D eigenvalue weighted by Crippen LogP contribution is 2.24. The molecule has 16 heavy (non-hydrogen) atoms. The molecule has 0 amide bonds. The van der Waals surface area contributed by atoms with Gasteiger partial charge in [0.1, 0.15) is 5.82 Å². The Hall–Kier alpha value is -0.840. The van der Waals surface area contributed by atoms with Crippen LogP contribution in [0, 0.1) is 0 Å². The maximum atomic E-state index is 5.90. The molecule has 0 fully saturated rings. The third-order valence-corrected chi connectivity index (χ3v) is 3.68. The van der Waals surface area contributed by atoms with E-state index in [2.05, 4.69) is 22.6 Å². The summed E-state index contributed by atoms with van der Waals surface area (Å²) in [5.41, 5.74) is 1.23. The number of rotatable bonds is 4.